The Morgan fingerprint density at radius 3 is 2.81 bits per heavy atom. The molecule has 3 heterocycles. The second-order valence-corrected chi connectivity index (χ2v) is 5.71. The minimum absolute atomic E-state index is 0.0338. The summed E-state index contributed by atoms with van der Waals surface area (Å²) < 4.78 is 73.9. The Balaban J connectivity index is 1.92. The molecule has 3 rings (SSSR count). The van der Waals surface area contributed by atoms with Gasteiger partial charge < -0.3 is 9.47 Å². The lowest BCUT2D eigenvalue weighted by Crippen LogP contribution is -2.19. The highest BCUT2D eigenvalue weighted by Gasteiger charge is 2.32. The molecule has 0 amide bonds. The van der Waals surface area contributed by atoms with Crippen LogP contribution in [0.3, 0.4) is 0 Å². The Hall–Kier alpha value is -2.30. The topological polar surface area (TPSA) is 62.1 Å². The van der Waals surface area contributed by atoms with Crippen LogP contribution in [0.5, 0.6) is 5.88 Å². The van der Waals surface area contributed by atoms with Crippen molar-refractivity contribution < 1.29 is 31.4 Å². The largest absolute Gasteiger partial charge is 0.472 e. The molecule has 0 radical (unpaired) electrons. The van der Waals surface area contributed by atoms with Crippen molar-refractivity contribution in [2.45, 2.75) is 31.5 Å². The van der Waals surface area contributed by atoms with Gasteiger partial charge in [0, 0.05) is 30.4 Å². The summed E-state index contributed by atoms with van der Waals surface area (Å²) in [5, 5.41) is 3.98. The molecule has 1 aliphatic heterocycles. The average molecular weight is 378 g/mol. The van der Waals surface area contributed by atoms with E-state index in [0.717, 1.165) is 4.68 Å². The lowest BCUT2D eigenvalue weighted by atomic mass is 10.1. The van der Waals surface area contributed by atoms with Crippen molar-refractivity contribution in [3.05, 3.63) is 24.2 Å². The van der Waals surface area contributed by atoms with E-state index in [-0.39, 0.29) is 29.0 Å². The number of alkyl halides is 5. The molecule has 0 spiro atoms. The van der Waals surface area contributed by atoms with Gasteiger partial charge in [0.1, 0.15) is 6.54 Å². The first-order chi connectivity index (χ1) is 12.3. The Bertz CT molecular complexity index is 744. The fourth-order valence-electron chi connectivity index (χ4n) is 2.54. The van der Waals surface area contributed by atoms with Gasteiger partial charge in [0.15, 0.2) is 18.3 Å². The number of hydrogen-bond acceptors (Lipinski definition) is 5. The Morgan fingerprint density at radius 2 is 2.15 bits per heavy atom. The van der Waals surface area contributed by atoms with Crippen LogP contribution in [0, 0.1) is 0 Å². The second-order valence-electron chi connectivity index (χ2n) is 5.71. The minimum atomic E-state index is -4.49. The van der Waals surface area contributed by atoms with Gasteiger partial charge in [0.2, 0.25) is 5.88 Å². The SMILES string of the molecule is FC(F)COc1cc(-c2nc(C3CCOC3)nn2CC(F)(F)F)ccn1. The van der Waals surface area contributed by atoms with E-state index in [4.69, 9.17) is 9.47 Å². The standard InChI is InChI=1S/C15H15F5N4O2/c16-11(17)7-26-12-5-9(1-3-21-12)14-22-13(10-2-4-25-6-10)23-24(14)8-15(18,19)20/h1,3,5,10-11H,2,4,6-8H2. The normalized spacial score (nSPS) is 17.8. The summed E-state index contributed by atoms with van der Waals surface area (Å²) in [6.45, 7) is -1.35. The Labute approximate surface area is 145 Å². The molecular weight excluding hydrogens is 363 g/mol. The third kappa shape index (κ3) is 4.65. The predicted molar refractivity (Wildman–Crippen MR) is 79.0 cm³/mol. The molecule has 1 saturated heterocycles. The molecule has 11 heteroatoms. The van der Waals surface area contributed by atoms with Crippen molar-refractivity contribution >= 4 is 0 Å². The van der Waals surface area contributed by atoms with Crippen molar-refractivity contribution in [1.82, 2.24) is 19.7 Å². The summed E-state index contributed by atoms with van der Waals surface area (Å²) in [4.78, 5) is 7.99. The van der Waals surface area contributed by atoms with Crippen LogP contribution < -0.4 is 4.74 Å². The molecule has 2 aromatic heterocycles. The zero-order valence-corrected chi connectivity index (χ0v) is 13.4. The van der Waals surface area contributed by atoms with Gasteiger partial charge in [-0.05, 0) is 12.5 Å². The van der Waals surface area contributed by atoms with Crippen molar-refractivity contribution in [3.63, 3.8) is 0 Å². The van der Waals surface area contributed by atoms with E-state index in [2.05, 4.69) is 15.1 Å². The molecule has 142 valence electrons. The van der Waals surface area contributed by atoms with Gasteiger partial charge in [-0.25, -0.2) is 23.4 Å². The molecule has 26 heavy (non-hydrogen) atoms. The molecule has 0 aliphatic carbocycles. The molecule has 0 N–H and O–H groups in total. The number of hydrogen-bond donors (Lipinski definition) is 0. The average Bonchev–Trinajstić information content (AvgIpc) is 3.21. The first kappa shape index (κ1) is 18.5. The van der Waals surface area contributed by atoms with E-state index in [1.807, 2.05) is 0 Å². The number of aromatic nitrogens is 4. The van der Waals surface area contributed by atoms with E-state index in [9.17, 15) is 22.0 Å². The summed E-state index contributed by atoms with van der Waals surface area (Å²) in [7, 11) is 0. The van der Waals surface area contributed by atoms with E-state index in [1.54, 1.807) is 0 Å². The minimum Gasteiger partial charge on any atom is -0.472 e. The van der Waals surface area contributed by atoms with Crippen molar-refractivity contribution in [2.24, 2.45) is 0 Å². The van der Waals surface area contributed by atoms with Gasteiger partial charge in [0.05, 0.1) is 6.61 Å². The molecule has 1 fully saturated rings. The van der Waals surface area contributed by atoms with E-state index in [1.165, 1.54) is 18.3 Å². The van der Waals surface area contributed by atoms with Crippen LogP contribution in [-0.4, -0.2) is 52.2 Å². The summed E-state index contributed by atoms with van der Waals surface area (Å²) in [5.74, 6) is -0.0862. The zero-order valence-electron chi connectivity index (χ0n) is 13.4. The van der Waals surface area contributed by atoms with Gasteiger partial charge in [-0.1, -0.05) is 0 Å². The fraction of sp³-hybridized carbons (Fsp3) is 0.533. The van der Waals surface area contributed by atoms with Gasteiger partial charge in [-0.3, -0.25) is 0 Å². The maximum Gasteiger partial charge on any atom is 0.408 e. The molecule has 1 unspecified atom stereocenters. The third-order valence-electron chi connectivity index (χ3n) is 3.66. The molecule has 0 aromatic carbocycles. The van der Waals surface area contributed by atoms with Crippen molar-refractivity contribution in [3.8, 4) is 17.3 Å². The lowest BCUT2D eigenvalue weighted by molar-refractivity contribution is -0.142. The molecule has 6 nitrogen and oxygen atoms in total. The van der Waals surface area contributed by atoms with Gasteiger partial charge in [-0.15, -0.1) is 0 Å². The molecule has 1 atom stereocenters. The first-order valence-electron chi connectivity index (χ1n) is 7.78. The quantitative estimate of drug-likeness (QED) is 0.723. The molecule has 0 saturated carbocycles. The molecule has 1 aliphatic rings. The van der Waals surface area contributed by atoms with Crippen LogP contribution in [0.1, 0.15) is 18.2 Å². The molecule has 0 bridgehead atoms. The smallest absolute Gasteiger partial charge is 0.408 e. The fourth-order valence-corrected chi connectivity index (χ4v) is 2.54. The van der Waals surface area contributed by atoms with Crippen LogP contribution in [0.4, 0.5) is 22.0 Å². The monoisotopic (exact) mass is 378 g/mol. The number of pyridine rings is 1. The number of rotatable bonds is 6. The summed E-state index contributed by atoms with van der Waals surface area (Å²) in [6, 6.07) is 2.68. The van der Waals surface area contributed by atoms with Gasteiger partial charge in [-0.2, -0.15) is 18.3 Å². The number of halogens is 5. The summed E-state index contributed by atoms with van der Waals surface area (Å²) >= 11 is 0. The maximum absolute atomic E-state index is 12.9. The highest BCUT2D eigenvalue weighted by atomic mass is 19.4. The second kappa shape index (κ2) is 7.52. The number of ether oxygens (including phenoxy) is 2. The van der Waals surface area contributed by atoms with Crippen LogP contribution in [-0.2, 0) is 11.3 Å². The van der Waals surface area contributed by atoms with Gasteiger partial charge >= 0.3 is 6.18 Å². The highest BCUT2D eigenvalue weighted by Crippen LogP contribution is 2.29. The first-order valence-corrected chi connectivity index (χ1v) is 7.78. The van der Waals surface area contributed by atoms with Crippen molar-refractivity contribution in [2.75, 3.05) is 19.8 Å². The van der Waals surface area contributed by atoms with Crippen LogP contribution in [0.2, 0.25) is 0 Å². The maximum atomic E-state index is 12.9. The summed E-state index contributed by atoms with van der Waals surface area (Å²) in [5.41, 5.74) is 0.242. The Morgan fingerprint density at radius 1 is 1.35 bits per heavy atom. The van der Waals surface area contributed by atoms with Crippen molar-refractivity contribution in [1.29, 1.82) is 0 Å². The zero-order chi connectivity index (χ0) is 18.7. The highest BCUT2D eigenvalue weighted by molar-refractivity contribution is 5.56. The van der Waals surface area contributed by atoms with E-state index in [0.29, 0.717) is 19.6 Å². The van der Waals surface area contributed by atoms with Crippen LogP contribution in [0.25, 0.3) is 11.4 Å². The van der Waals surface area contributed by atoms with Crippen LogP contribution >= 0.6 is 0 Å². The Kier molecular flexibility index (Phi) is 5.35. The van der Waals surface area contributed by atoms with E-state index < -0.39 is 25.8 Å². The third-order valence-corrected chi connectivity index (χ3v) is 3.66. The predicted octanol–water partition coefficient (Wildman–Crippen LogP) is 3.05. The molecular formula is C15H15F5N4O2. The molecule has 2 aromatic rings. The van der Waals surface area contributed by atoms with E-state index >= 15 is 0 Å². The lowest BCUT2D eigenvalue weighted by Gasteiger charge is -2.10. The summed E-state index contributed by atoms with van der Waals surface area (Å²) in [6.07, 6.45) is -5.31. The number of nitrogens with zero attached hydrogens (tertiary/aromatic N) is 4. The van der Waals surface area contributed by atoms with Gasteiger partial charge in [0.25, 0.3) is 6.43 Å². The van der Waals surface area contributed by atoms with Crippen LogP contribution in [0.15, 0.2) is 18.3 Å².